The second-order valence-corrected chi connectivity index (χ2v) is 1.62. The first-order valence-corrected chi connectivity index (χ1v) is 2.28. The third-order valence-electron chi connectivity index (χ3n) is 1.03. The van der Waals surface area contributed by atoms with E-state index in [0.29, 0.717) is 13.0 Å². The van der Waals surface area contributed by atoms with Crippen LogP contribution in [0.25, 0.3) is 0 Å². The van der Waals surface area contributed by atoms with Crippen LogP contribution in [0, 0.1) is 0 Å². The summed E-state index contributed by atoms with van der Waals surface area (Å²) in [5, 5.41) is 17.1. The molecule has 0 aromatic heterocycles. The Morgan fingerprint density at radius 1 is 1.38 bits per heavy atom. The van der Waals surface area contributed by atoms with E-state index in [9.17, 15) is 0 Å². The molecule has 2 N–H and O–H groups in total. The van der Waals surface area contributed by atoms with Gasteiger partial charge in [0.15, 0.2) is 6.29 Å². The van der Waals surface area contributed by atoms with Crippen LogP contribution in [-0.2, 0) is 4.74 Å². The SMILES string of the molecule is OC1CCOC1O.[NaH]. The fraction of sp³-hybridized carbons (Fsp3) is 1.00. The van der Waals surface area contributed by atoms with Crippen molar-refractivity contribution in [3.63, 3.8) is 0 Å². The van der Waals surface area contributed by atoms with Crippen LogP contribution < -0.4 is 0 Å². The molecule has 3 nitrogen and oxygen atoms in total. The number of hydrogen-bond donors (Lipinski definition) is 2. The van der Waals surface area contributed by atoms with Crippen LogP contribution in [0.5, 0.6) is 0 Å². The zero-order chi connectivity index (χ0) is 5.28. The van der Waals surface area contributed by atoms with Gasteiger partial charge >= 0.3 is 29.6 Å². The second kappa shape index (κ2) is 3.82. The molecule has 1 fully saturated rings. The Morgan fingerprint density at radius 3 is 2.12 bits per heavy atom. The Hall–Kier alpha value is 0.880. The minimum atomic E-state index is -0.931. The number of aliphatic hydroxyl groups is 2. The van der Waals surface area contributed by atoms with Gasteiger partial charge in [-0.15, -0.1) is 0 Å². The Kier molecular flexibility index (Phi) is 4.24. The van der Waals surface area contributed by atoms with E-state index in [1.165, 1.54) is 0 Å². The summed E-state index contributed by atoms with van der Waals surface area (Å²) < 4.78 is 4.57. The van der Waals surface area contributed by atoms with Gasteiger partial charge in [0.05, 0.1) is 6.61 Å². The van der Waals surface area contributed by atoms with Crippen molar-refractivity contribution in [2.45, 2.75) is 18.8 Å². The van der Waals surface area contributed by atoms with Gasteiger partial charge in [0.1, 0.15) is 6.10 Å². The van der Waals surface area contributed by atoms with E-state index < -0.39 is 12.4 Å². The average Bonchev–Trinajstić information content (AvgIpc) is 1.91. The number of rotatable bonds is 0. The van der Waals surface area contributed by atoms with Gasteiger partial charge in [-0.05, 0) is 0 Å². The Morgan fingerprint density at radius 2 is 2.00 bits per heavy atom. The van der Waals surface area contributed by atoms with Gasteiger partial charge < -0.3 is 14.9 Å². The van der Waals surface area contributed by atoms with Gasteiger partial charge in [-0.25, -0.2) is 0 Å². The third kappa shape index (κ3) is 2.01. The molecular weight excluding hydrogens is 119 g/mol. The summed E-state index contributed by atoms with van der Waals surface area (Å²) in [5.41, 5.74) is 0. The molecule has 1 heterocycles. The molecule has 1 aliphatic rings. The van der Waals surface area contributed by atoms with E-state index in [-0.39, 0.29) is 29.6 Å². The standard InChI is InChI=1S/C4H8O3.Na.H/c5-3-1-2-7-4(3)6;;/h3-6H,1-2H2;;. The van der Waals surface area contributed by atoms with Crippen molar-refractivity contribution < 1.29 is 14.9 Å². The molecule has 1 saturated heterocycles. The molecule has 8 heavy (non-hydrogen) atoms. The normalized spacial score (nSPS) is 36.8. The minimum absolute atomic E-state index is 0. The van der Waals surface area contributed by atoms with Crippen LogP contribution >= 0.6 is 0 Å². The molecule has 0 radical (unpaired) electrons. The first kappa shape index (κ1) is 8.88. The summed E-state index contributed by atoms with van der Waals surface area (Å²) in [5.74, 6) is 0. The number of aliphatic hydroxyl groups excluding tert-OH is 2. The molecule has 44 valence electrons. The van der Waals surface area contributed by atoms with E-state index in [2.05, 4.69) is 4.74 Å². The topological polar surface area (TPSA) is 49.7 Å². The molecule has 1 aliphatic heterocycles. The van der Waals surface area contributed by atoms with Gasteiger partial charge in [-0.3, -0.25) is 0 Å². The van der Waals surface area contributed by atoms with Gasteiger partial charge in [0.25, 0.3) is 0 Å². The molecule has 0 aromatic carbocycles. The van der Waals surface area contributed by atoms with E-state index in [0.717, 1.165) is 0 Å². The number of hydrogen-bond acceptors (Lipinski definition) is 3. The molecule has 0 spiro atoms. The van der Waals surface area contributed by atoms with Crippen molar-refractivity contribution >= 4 is 29.6 Å². The predicted octanol–water partition coefficient (Wildman–Crippen LogP) is -1.56. The van der Waals surface area contributed by atoms with Crippen molar-refractivity contribution in [1.82, 2.24) is 0 Å². The molecule has 2 unspecified atom stereocenters. The molecule has 4 heteroatoms. The van der Waals surface area contributed by atoms with Crippen molar-refractivity contribution in [1.29, 1.82) is 0 Å². The van der Waals surface area contributed by atoms with Crippen LogP contribution in [0.1, 0.15) is 6.42 Å². The van der Waals surface area contributed by atoms with Crippen LogP contribution in [0.4, 0.5) is 0 Å². The maximum atomic E-state index is 8.62. The van der Waals surface area contributed by atoms with Gasteiger partial charge in [-0.2, -0.15) is 0 Å². The van der Waals surface area contributed by atoms with Crippen LogP contribution in [0.2, 0.25) is 0 Å². The Balaban J connectivity index is 0.000000490. The van der Waals surface area contributed by atoms with E-state index in [1.54, 1.807) is 0 Å². The zero-order valence-corrected chi connectivity index (χ0v) is 3.87. The van der Waals surface area contributed by atoms with Crippen molar-refractivity contribution in [3.8, 4) is 0 Å². The quantitative estimate of drug-likeness (QED) is 0.388. The maximum absolute atomic E-state index is 8.62. The van der Waals surface area contributed by atoms with Crippen molar-refractivity contribution in [3.05, 3.63) is 0 Å². The van der Waals surface area contributed by atoms with Crippen molar-refractivity contribution in [2.24, 2.45) is 0 Å². The van der Waals surface area contributed by atoms with E-state index in [4.69, 9.17) is 10.2 Å². The number of ether oxygens (including phenoxy) is 1. The summed E-state index contributed by atoms with van der Waals surface area (Å²) in [4.78, 5) is 0. The first-order valence-electron chi connectivity index (χ1n) is 2.28. The molecule has 0 saturated carbocycles. The molecular formula is C4H9NaO3. The van der Waals surface area contributed by atoms with E-state index >= 15 is 0 Å². The second-order valence-electron chi connectivity index (χ2n) is 1.62. The zero-order valence-electron chi connectivity index (χ0n) is 3.87. The van der Waals surface area contributed by atoms with Crippen LogP contribution in [0.3, 0.4) is 0 Å². The molecule has 0 bridgehead atoms. The summed E-state index contributed by atoms with van der Waals surface area (Å²) in [7, 11) is 0. The summed E-state index contributed by atoms with van der Waals surface area (Å²) >= 11 is 0. The molecule has 0 amide bonds. The Bertz CT molecular complexity index is 60.3. The summed E-state index contributed by atoms with van der Waals surface area (Å²) in [6, 6.07) is 0. The van der Waals surface area contributed by atoms with Gasteiger partial charge in [0, 0.05) is 6.42 Å². The Labute approximate surface area is 69.9 Å². The molecule has 0 aliphatic carbocycles. The fourth-order valence-corrected chi connectivity index (χ4v) is 0.563. The molecule has 0 aromatic rings. The predicted molar refractivity (Wildman–Crippen MR) is 29.7 cm³/mol. The third-order valence-corrected chi connectivity index (χ3v) is 1.03. The molecule has 2 atom stereocenters. The monoisotopic (exact) mass is 128 g/mol. The molecule has 1 rings (SSSR count). The average molecular weight is 128 g/mol. The summed E-state index contributed by atoms with van der Waals surface area (Å²) in [6.07, 6.45) is -1.03. The van der Waals surface area contributed by atoms with Gasteiger partial charge in [-0.1, -0.05) is 0 Å². The van der Waals surface area contributed by atoms with Crippen LogP contribution in [0.15, 0.2) is 0 Å². The van der Waals surface area contributed by atoms with Gasteiger partial charge in [0.2, 0.25) is 0 Å². The van der Waals surface area contributed by atoms with Crippen LogP contribution in [-0.4, -0.2) is 58.8 Å². The first-order chi connectivity index (χ1) is 3.30. The fourth-order valence-electron chi connectivity index (χ4n) is 0.563. The summed E-state index contributed by atoms with van der Waals surface area (Å²) in [6.45, 7) is 0.475. The van der Waals surface area contributed by atoms with E-state index in [1.807, 2.05) is 0 Å². The van der Waals surface area contributed by atoms with Crippen molar-refractivity contribution in [2.75, 3.05) is 6.61 Å².